The molecule has 0 spiro atoms. The quantitative estimate of drug-likeness (QED) is 0.758. The van der Waals surface area contributed by atoms with E-state index in [4.69, 9.17) is 15.0 Å². The number of nitrogens with two attached hydrogens (primary N) is 1. The molecule has 19 heavy (non-hydrogen) atoms. The third kappa shape index (κ3) is 4.96. The van der Waals surface area contributed by atoms with Crippen molar-refractivity contribution in [2.75, 3.05) is 13.2 Å². The molecular weight excluding hydrogens is 248 g/mol. The normalized spacial score (nSPS) is 13.5. The molecule has 1 amide bonds. The lowest BCUT2D eigenvalue weighted by Crippen LogP contribution is -2.28. The van der Waals surface area contributed by atoms with Gasteiger partial charge in [-0.2, -0.15) is 4.98 Å². The van der Waals surface area contributed by atoms with Crippen molar-refractivity contribution in [3.05, 3.63) is 11.7 Å². The van der Waals surface area contributed by atoms with Gasteiger partial charge in [-0.15, -0.1) is 0 Å². The molecule has 0 aromatic carbocycles. The maximum Gasteiger partial charge on any atom is 0.240 e. The second kappa shape index (κ2) is 6.63. The maximum atomic E-state index is 10.6. The first-order chi connectivity index (χ1) is 8.84. The Kier molecular flexibility index (Phi) is 5.44. The lowest BCUT2D eigenvalue weighted by molar-refractivity contribution is -0.117. The van der Waals surface area contributed by atoms with Gasteiger partial charge in [-0.25, -0.2) is 0 Å². The minimum Gasteiger partial charge on any atom is -0.370 e. The summed E-state index contributed by atoms with van der Waals surface area (Å²) in [4.78, 5) is 14.9. The van der Waals surface area contributed by atoms with Crippen LogP contribution in [0, 0.1) is 5.41 Å². The highest BCUT2D eigenvalue weighted by Gasteiger charge is 2.31. The Hall–Kier alpha value is -1.47. The van der Waals surface area contributed by atoms with Gasteiger partial charge >= 0.3 is 0 Å². The van der Waals surface area contributed by atoms with Gasteiger partial charge in [0.25, 0.3) is 0 Å². The van der Waals surface area contributed by atoms with Gasteiger partial charge in [-0.1, -0.05) is 25.9 Å². The number of nitrogens with one attached hydrogen (secondary N) is 1. The average Bonchev–Trinajstić information content (AvgIpc) is 2.72. The molecular formula is C12H22N4O3. The summed E-state index contributed by atoms with van der Waals surface area (Å²) in [5.41, 5.74) is 4.89. The lowest BCUT2D eigenvalue weighted by Gasteiger charge is -2.27. The Bertz CT molecular complexity index is 411. The van der Waals surface area contributed by atoms with E-state index in [0.717, 1.165) is 0 Å². The van der Waals surface area contributed by atoms with E-state index in [1.165, 1.54) is 0 Å². The summed E-state index contributed by atoms with van der Waals surface area (Å²) >= 11 is 0. The van der Waals surface area contributed by atoms with Gasteiger partial charge in [-0.05, 0) is 12.3 Å². The molecule has 0 fully saturated rings. The molecule has 1 rings (SSSR count). The predicted molar refractivity (Wildman–Crippen MR) is 69.0 cm³/mol. The number of hydrogen-bond acceptors (Lipinski definition) is 6. The standard InChI is InChI=1S/C12H22N4O3/c1-5-18-10(12(2,3)4)11-15-9(19-16-11)7-14-6-8(13)17/h10,14H,5-7H2,1-4H3,(H2,13,17). The number of primary amides is 1. The van der Waals surface area contributed by atoms with Crippen LogP contribution < -0.4 is 11.1 Å². The summed E-state index contributed by atoms with van der Waals surface area (Å²) < 4.78 is 10.8. The zero-order valence-corrected chi connectivity index (χ0v) is 11.9. The number of aromatic nitrogens is 2. The van der Waals surface area contributed by atoms with Gasteiger partial charge in [0.2, 0.25) is 17.6 Å². The number of amides is 1. The summed E-state index contributed by atoms with van der Waals surface area (Å²) in [7, 11) is 0. The van der Waals surface area contributed by atoms with Crippen molar-refractivity contribution in [1.29, 1.82) is 0 Å². The number of rotatable bonds is 7. The Balaban J connectivity index is 2.68. The van der Waals surface area contributed by atoms with Gasteiger partial charge < -0.3 is 15.0 Å². The smallest absolute Gasteiger partial charge is 0.240 e. The first kappa shape index (κ1) is 15.6. The highest BCUT2D eigenvalue weighted by molar-refractivity contribution is 5.75. The van der Waals surface area contributed by atoms with Gasteiger partial charge in [0.15, 0.2) is 0 Å². The number of carbonyl (C=O) groups is 1. The van der Waals surface area contributed by atoms with Crippen molar-refractivity contribution in [3.8, 4) is 0 Å². The molecule has 0 saturated carbocycles. The molecule has 7 nitrogen and oxygen atoms in total. The third-order valence-corrected chi connectivity index (χ3v) is 2.41. The summed E-state index contributed by atoms with van der Waals surface area (Å²) in [6.07, 6.45) is -0.230. The third-order valence-electron chi connectivity index (χ3n) is 2.41. The average molecular weight is 270 g/mol. The van der Waals surface area contributed by atoms with E-state index in [1.54, 1.807) is 0 Å². The van der Waals surface area contributed by atoms with Crippen molar-refractivity contribution in [3.63, 3.8) is 0 Å². The minimum absolute atomic E-state index is 0.0753. The second-order valence-electron chi connectivity index (χ2n) is 5.32. The zero-order valence-electron chi connectivity index (χ0n) is 11.9. The summed E-state index contributed by atoms with van der Waals surface area (Å²) in [6, 6.07) is 0. The molecule has 1 heterocycles. The first-order valence-electron chi connectivity index (χ1n) is 6.27. The fourth-order valence-electron chi connectivity index (χ4n) is 1.62. The van der Waals surface area contributed by atoms with Gasteiger partial charge in [0.1, 0.15) is 6.10 Å². The molecule has 0 radical (unpaired) electrons. The Morgan fingerprint density at radius 2 is 2.21 bits per heavy atom. The monoisotopic (exact) mass is 270 g/mol. The largest absolute Gasteiger partial charge is 0.370 e. The van der Waals surface area contributed by atoms with Crippen LogP contribution in [0.3, 0.4) is 0 Å². The highest BCUT2D eigenvalue weighted by Crippen LogP contribution is 2.34. The molecule has 1 atom stereocenters. The Morgan fingerprint density at radius 3 is 2.74 bits per heavy atom. The molecule has 1 unspecified atom stereocenters. The number of ether oxygens (including phenoxy) is 1. The van der Waals surface area contributed by atoms with E-state index in [-0.39, 0.29) is 18.1 Å². The van der Waals surface area contributed by atoms with Gasteiger partial charge in [-0.3, -0.25) is 10.1 Å². The van der Waals surface area contributed by atoms with Crippen LogP contribution in [0.4, 0.5) is 0 Å². The van der Waals surface area contributed by atoms with E-state index >= 15 is 0 Å². The van der Waals surface area contributed by atoms with Crippen LogP contribution in [0.1, 0.15) is 45.5 Å². The topological polar surface area (TPSA) is 103 Å². The van der Waals surface area contributed by atoms with Crippen LogP contribution in [-0.4, -0.2) is 29.2 Å². The molecule has 0 bridgehead atoms. The van der Waals surface area contributed by atoms with E-state index < -0.39 is 5.91 Å². The SMILES string of the molecule is CCOC(c1noc(CNCC(N)=O)n1)C(C)(C)C. The summed E-state index contributed by atoms with van der Waals surface area (Å²) in [5, 5.41) is 6.74. The molecule has 1 aromatic heterocycles. The molecule has 0 saturated heterocycles. The minimum atomic E-state index is -0.429. The molecule has 7 heteroatoms. The number of nitrogens with zero attached hydrogens (tertiary/aromatic N) is 2. The van der Waals surface area contributed by atoms with Crippen LogP contribution in [0.2, 0.25) is 0 Å². The molecule has 0 aliphatic heterocycles. The van der Waals surface area contributed by atoms with Crippen LogP contribution in [0.15, 0.2) is 4.52 Å². The molecule has 0 aliphatic rings. The Labute approximate surface area is 112 Å². The zero-order chi connectivity index (χ0) is 14.5. The maximum absolute atomic E-state index is 10.6. The summed E-state index contributed by atoms with van der Waals surface area (Å²) in [6.45, 7) is 9.03. The first-order valence-corrected chi connectivity index (χ1v) is 6.27. The predicted octanol–water partition coefficient (Wildman–Crippen LogP) is 0.768. The van der Waals surface area contributed by atoms with Crippen LogP contribution in [0.5, 0.6) is 0 Å². The van der Waals surface area contributed by atoms with Crippen molar-refractivity contribution in [2.24, 2.45) is 11.1 Å². The van der Waals surface area contributed by atoms with Crippen molar-refractivity contribution in [2.45, 2.75) is 40.3 Å². The Morgan fingerprint density at radius 1 is 1.53 bits per heavy atom. The van der Waals surface area contributed by atoms with Crippen molar-refractivity contribution >= 4 is 5.91 Å². The van der Waals surface area contributed by atoms with Gasteiger partial charge in [0, 0.05) is 6.61 Å². The molecule has 0 aliphatic carbocycles. The fraction of sp³-hybridized carbons (Fsp3) is 0.750. The van der Waals surface area contributed by atoms with Crippen molar-refractivity contribution < 1.29 is 14.1 Å². The van der Waals surface area contributed by atoms with E-state index in [0.29, 0.717) is 24.9 Å². The van der Waals surface area contributed by atoms with E-state index in [9.17, 15) is 4.79 Å². The summed E-state index contributed by atoms with van der Waals surface area (Å²) in [5.74, 6) is 0.497. The van der Waals surface area contributed by atoms with Crippen LogP contribution in [0.25, 0.3) is 0 Å². The highest BCUT2D eigenvalue weighted by atomic mass is 16.5. The molecule has 1 aromatic rings. The van der Waals surface area contributed by atoms with Crippen LogP contribution in [-0.2, 0) is 16.1 Å². The number of carbonyl (C=O) groups excluding carboxylic acids is 1. The van der Waals surface area contributed by atoms with Crippen LogP contribution >= 0.6 is 0 Å². The fourth-order valence-corrected chi connectivity index (χ4v) is 1.62. The van der Waals surface area contributed by atoms with E-state index in [2.05, 4.69) is 36.2 Å². The molecule has 108 valence electrons. The lowest BCUT2D eigenvalue weighted by atomic mass is 9.88. The second-order valence-corrected chi connectivity index (χ2v) is 5.32. The number of hydrogen-bond donors (Lipinski definition) is 2. The van der Waals surface area contributed by atoms with E-state index in [1.807, 2.05) is 6.92 Å². The molecule has 3 N–H and O–H groups in total. The van der Waals surface area contributed by atoms with Crippen molar-refractivity contribution in [1.82, 2.24) is 15.5 Å². The van der Waals surface area contributed by atoms with Gasteiger partial charge in [0.05, 0.1) is 13.1 Å².